The molecule has 1 aliphatic heterocycles. The van der Waals surface area contributed by atoms with Gasteiger partial charge in [0.15, 0.2) is 5.78 Å². The van der Waals surface area contributed by atoms with Crippen molar-refractivity contribution in [2.24, 2.45) is 0 Å². The standard InChI is InChI=1S/C16H19N3O5.Na/c1-23-12-4-2-3-11-13(15(20)16(21)22)17-19(14(11)12)6-5-18-7-9-24-10-8-18;/h2-4,16H,5-10H2,1H3;/q-2;+1. The molecule has 2 heterocycles. The fourth-order valence-electron chi connectivity index (χ4n) is 2.89. The normalized spacial score (nSPS) is 15.4. The molecule has 2 aromatic rings. The molecule has 0 saturated carbocycles. The molecule has 0 amide bonds. The maximum Gasteiger partial charge on any atom is 1.00 e. The van der Waals surface area contributed by atoms with Crippen molar-refractivity contribution in [3.8, 4) is 5.75 Å². The first kappa shape index (κ1) is 20.3. The Morgan fingerprint density at radius 3 is 2.68 bits per heavy atom. The number of hydrogen-bond donors (Lipinski definition) is 0. The van der Waals surface area contributed by atoms with Gasteiger partial charge < -0.3 is 19.7 Å². The number of carbonyl (C=O) groups excluding carboxylic acids is 1. The summed E-state index contributed by atoms with van der Waals surface area (Å²) in [5, 5.41) is 26.8. The van der Waals surface area contributed by atoms with Gasteiger partial charge >= 0.3 is 29.6 Å². The topological polar surface area (TPSA) is 103 Å². The second-order valence-corrected chi connectivity index (χ2v) is 5.58. The van der Waals surface area contributed by atoms with Crippen molar-refractivity contribution in [3.05, 3.63) is 23.9 Å². The fourth-order valence-corrected chi connectivity index (χ4v) is 2.89. The summed E-state index contributed by atoms with van der Waals surface area (Å²) in [5.41, 5.74) is 0.540. The van der Waals surface area contributed by atoms with Gasteiger partial charge in [-0.2, -0.15) is 11.4 Å². The molecular formula is C16H19N3NaO5-. The molecule has 0 aliphatic carbocycles. The number of benzene rings is 1. The Bertz CT molecular complexity index is 728. The molecule has 1 aromatic heterocycles. The smallest absolute Gasteiger partial charge is 0.860 e. The third-order valence-electron chi connectivity index (χ3n) is 4.13. The Labute approximate surface area is 167 Å². The first-order valence-corrected chi connectivity index (χ1v) is 7.81. The van der Waals surface area contributed by atoms with E-state index in [9.17, 15) is 15.0 Å². The van der Waals surface area contributed by atoms with E-state index in [1.165, 1.54) is 7.11 Å². The minimum absolute atomic E-state index is 0. The van der Waals surface area contributed by atoms with Gasteiger partial charge in [0, 0.05) is 25.0 Å². The zero-order valence-corrected chi connectivity index (χ0v) is 16.4. The van der Waals surface area contributed by atoms with Crippen LogP contribution in [0.5, 0.6) is 5.75 Å². The van der Waals surface area contributed by atoms with Crippen LogP contribution in [0.2, 0.25) is 0 Å². The van der Waals surface area contributed by atoms with Crippen LogP contribution in [-0.2, 0) is 11.3 Å². The van der Waals surface area contributed by atoms with Gasteiger partial charge in [0.05, 0.1) is 26.9 Å². The number of para-hydroxylation sites is 1. The average Bonchev–Trinajstić information content (AvgIpc) is 2.99. The van der Waals surface area contributed by atoms with Gasteiger partial charge in [0.1, 0.15) is 17.0 Å². The number of carbonyl (C=O) groups is 1. The summed E-state index contributed by atoms with van der Waals surface area (Å²) in [5.74, 6) is -0.493. The largest absolute Gasteiger partial charge is 1.00 e. The molecule has 0 N–H and O–H groups in total. The number of ether oxygens (including phenoxy) is 2. The van der Waals surface area contributed by atoms with E-state index in [4.69, 9.17) is 9.47 Å². The quantitative estimate of drug-likeness (QED) is 0.293. The molecule has 0 spiro atoms. The van der Waals surface area contributed by atoms with Crippen molar-refractivity contribution in [2.45, 2.75) is 12.8 Å². The predicted octanol–water partition coefficient (Wildman–Crippen LogP) is -4.39. The second kappa shape index (κ2) is 9.09. The number of ketones is 1. The number of morpholine rings is 1. The second-order valence-electron chi connectivity index (χ2n) is 5.58. The number of aromatic nitrogens is 2. The summed E-state index contributed by atoms with van der Waals surface area (Å²) in [4.78, 5) is 14.1. The Morgan fingerprint density at radius 1 is 1.32 bits per heavy atom. The van der Waals surface area contributed by atoms with Gasteiger partial charge in [0.2, 0.25) is 0 Å². The number of nitrogens with zero attached hydrogens (tertiary/aromatic N) is 3. The molecule has 25 heavy (non-hydrogen) atoms. The molecule has 0 atom stereocenters. The monoisotopic (exact) mass is 356 g/mol. The van der Waals surface area contributed by atoms with E-state index in [1.54, 1.807) is 22.9 Å². The molecule has 0 bridgehead atoms. The maximum atomic E-state index is 11.9. The molecule has 1 aliphatic rings. The summed E-state index contributed by atoms with van der Waals surface area (Å²) in [6, 6.07) is 5.14. The molecule has 0 radical (unpaired) electrons. The van der Waals surface area contributed by atoms with E-state index in [-0.39, 0.29) is 35.3 Å². The van der Waals surface area contributed by atoms with Gasteiger partial charge in [-0.1, -0.05) is 12.1 Å². The Morgan fingerprint density at radius 2 is 2.04 bits per heavy atom. The van der Waals surface area contributed by atoms with Crippen LogP contribution in [0.4, 0.5) is 0 Å². The summed E-state index contributed by atoms with van der Waals surface area (Å²) in [6.45, 7) is 4.31. The molecule has 9 heteroatoms. The number of rotatable bonds is 6. The molecular weight excluding hydrogens is 337 g/mol. The van der Waals surface area contributed by atoms with Crippen LogP contribution < -0.4 is 44.5 Å². The molecule has 1 saturated heterocycles. The number of hydrogen-bond acceptors (Lipinski definition) is 7. The summed E-state index contributed by atoms with van der Waals surface area (Å²) >= 11 is 0. The molecule has 8 nitrogen and oxygen atoms in total. The molecule has 1 aromatic carbocycles. The minimum Gasteiger partial charge on any atom is -0.860 e. The fraction of sp³-hybridized carbons (Fsp3) is 0.500. The number of methoxy groups -OCH3 is 1. The van der Waals surface area contributed by atoms with Crippen LogP contribution in [0.3, 0.4) is 0 Å². The molecule has 1 fully saturated rings. The van der Waals surface area contributed by atoms with Crippen molar-refractivity contribution in [1.29, 1.82) is 0 Å². The maximum absolute atomic E-state index is 11.9. The van der Waals surface area contributed by atoms with E-state index in [2.05, 4.69) is 10.00 Å². The van der Waals surface area contributed by atoms with Crippen molar-refractivity contribution in [2.75, 3.05) is 40.0 Å². The van der Waals surface area contributed by atoms with Crippen LogP contribution >= 0.6 is 0 Å². The van der Waals surface area contributed by atoms with E-state index in [0.29, 0.717) is 36.4 Å². The van der Waals surface area contributed by atoms with E-state index >= 15 is 0 Å². The van der Waals surface area contributed by atoms with Crippen LogP contribution in [0.15, 0.2) is 18.2 Å². The molecule has 0 unspecified atom stereocenters. The third kappa shape index (κ3) is 4.40. The van der Waals surface area contributed by atoms with Crippen molar-refractivity contribution in [3.63, 3.8) is 0 Å². The van der Waals surface area contributed by atoms with Crippen LogP contribution in [0.1, 0.15) is 10.5 Å². The first-order chi connectivity index (χ1) is 11.6. The van der Waals surface area contributed by atoms with Gasteiger partial charge in [-0.3, -0.25) is 14.4 Å². The zero-order chi connectivity index (χ0) is 17.1. The predicted molar refractivity (Wildman–Crippen MR) is 81.7 cm³/mol. The molecule has 130 valence electrons. The van der Waals surface area contributed by atoms with E-state index < -0.39 is 12.1 Å². The minimum atomic E-state index is -2.58. The van der Waals surface area contributed by atoms with Gasteiger partial charge in [0.25, 0.3) is 0 Å². The summed E-state index contributed by atoms with van der Waals surface area (Å²) < 4.78 is 12.3. The summed E-state index contributed by atoms with van der Waals surface area (Å²) in [7, 11) is 1.53. The van der Waals surface area contributed by atoms with Crippen LogP contribution in [0.25, 0.3) is 10.9 Å². The molecule has 3 rings (SSSR count). The zero-order valence-electron chi connectivity index (χ0n) is 14.4. The Kier molecular flexibility index (Phi) is 7.38. The Balaban J connectivity index is 0.00000225. The van der Waals surface area contributed by atoms with Gasteiger partial charge in [-0.15, -0.1) is 0 Å². The average molecular weight is 356 g/mol. The third-order valence-corrected chi connectivity index (χ3v) is 4.13. The van der Waals surface area contributed by atoms with Crippen molar-refractivity contribution in [1.82, 2.24) is 14.7 Å². The van der Waals surface area contributed by atoms with Crippen LogP contribution in [-0.4, -0.2) is 66.7 Å². The number of fused-ring (bicyclic) bond motifs is 1. The Hall–Kier alpha value is -1.00. The van der Waals surface area contributed by atoms with Gasteiger partial charge in [-0.25, -0.2) is 0 Å². The van der Waals surface area contributed by atoms with Crippen molar-refractivity contribution >= 4 is 16.7 Å². The first-order valence-electron chi connectivity index (χ1n) is 7.81. The van der Waals surface area contributed by atoms with E-state index in [0.717, 1.165) is 19.6 Å². The summed E-state index contributed by atoms with van der Waals surface area (Å²) in [6.07, 6.45) is -2.58. The van der Waals surface area contributed by atoms with E-state index in [1.807, 2.05) is 0 Å². The van der Waals surface area contributed by atoms with Crippen molar-refractivity contribution < 1.29 is 54.0 Å². The van der Waals surface area contributed by atoms with Gasteiger partial charge in [-0.05, 0) is 6.07 Å². The number of Topliss-reactive ketones (excluding diaryl/α,β-unsaturated/α-hetero) is 1. The van der Waals surface area contributed by atoms with Crippen LogP contribution in [0, 0.1) is 0 Å². The SMILES string of the molecule is COc1cccc2c(C(=O)C([O-])[O-])nn(CCN3CCOCC3)c12.[Na+].